The van der Waals surface area contributed by atoms with Gasteiger partial charge in [-0.1, -0.05) is 42.0 Å². The van der Waals surface area contributed by atoms with Crippen molar-refractivity contribution >= 4 is 5.91 Å². The molecule has 194 valence electrons. The topological polar surface area (TPSA) is 48.5 Å². The molecule has 1 amide bonds. The zero-order chi connectivity index (χ0) is 25.5. The Bertz CT molecular complexity index is 1110. The van der Waals surface area contributed by atoms with Crippen LogP contribution in [0.25, 0.3) is 0 Å². The van der Waals surface area contributed by atoms with Crippen LogP contribution in [0.2, 0.25) is 0 Å². The smallest absolute Gasteiger partial charge is 0.251 e. The van der Waals surface area contributed by atoms with E-state index in [0.717, 1.165) is 36.1 Å². The van der Waals surface area contributed by atoms with E-state index in [-0.39, 0.29) is 5.91 Å². The van der Waals surface area contributed by atoms with E-state index in [1.165, 1.54) is 68.6 Å². The van der Waals surface area contributed by atoms with Crippen LogP contribution >= 0.6 is 0 Å². The highest BCUT2D eigenvalue weighted by molar-refractivity contribution is 5.94. The van der Waals surface area contributed by atoms with E-state index in [0.29, 0.717) is 6.54 Å². The first kappa shape index (κ1) is 25.6. The molecule has 0 unspecified atom stereocenters. The van der Waals surface area contributed by atoms with E-state index >= 15 is 0 Å². The Morgan fingerprint density at radius 2 is 1.22 bits per heavy atom. The highest BCUT2D eigenvalue weighted by Crippen LogP contribution is 2.33. The number of carbonyl (C=O) groups excluding carboxylic acids is 1. The second-order valence-corrected chi connectivity index (χ2v) is 10.9. The van der Waals surface area contributed by atoms with Crippen molar-refractivity contribution < 1.29 is 4.79 Å². The molecule has 2 aliphatic heterocycles. The molecule has 0 radical (unpaired) electrons. The maximum Gasteiger partial charge on any atom is 0.251 e. The summed E-state index contributed by atoms with van der Waals surface area (Å²) < 4.78 is 0. The van der Waals surface area contributed by atoms with Gasteiger partial charge in [-0.25, -0.2) is 0 Å². The fraction of sp³-hybridized carbons (Fsp3) is 0.438. The summed E-state index contributed by atoms with van der Waals surface area (Å²) in [7, 11) is 0. The molecule has 5 rings (SSSR count). The van der Waals surface area contributed by atoms with Crippen molar-refractivity contribution in [1.29, 1.82) is 0 Å². The minimum Gasteiger partial charge on any atom is -0.348 e. The molecule has 5 nitrogen and oxygen atoms in total. The molecule has 2 aliphatic rings. The number of piperidine rings is 2. The summed E-state index contributed by atoms with van der Waals surface area (Å²) in [6.45, 7) is 9.46. The van der Waals surface area contributed by atoms with E-state index in [9.17, 15) is 4.79 Å². The van der Waals surface area contributed by atoms with Gasteiger partial charge in [0.1, 0.15) is 0 Å². The van der Waals surface area contributed by atoms with Gasteiger partial charge < -0.3 is 5.32 Å². The number of hydrogen-bond acceptors (Lipinski definition) is 4. The number of pyridine rings is 1. The lowest BCUT2D eigenvalue weighted by Gasteiger charge is -2.40. The minimum absolute atomic E-state index is 0.0141. The van der Waals surface area contributed by atoms with Gasteiger partial charge in [-0.3, -0.25) is 19.6 Å². The third-order valence-corrected chi connectivity index (χ3v) is 8.28. The number of nitrogens with zero attached hydrogens (tertiary/aromatic N) is 3. The molecular weight excluding hydrogens is 456 g/mol. The molecule has 1 N–H and O–H groups in total. The van der Waals surface area contributed by atoms with E-state index in [2.05, 4.69) is 75.6 Å². The van der Waals surface area contributed by atoms with Crippen molar-refractivity contribution in [2.24, 2.45) is 11.8 Å². The maximum absolute atomic E-state index is 12.6. The van der Waals surface area contributed by atoms with Crippen LogP contribution in [-0.4, -0.2) is 46.9 Å². The molecule has 1 aromatic heterocycles. The number of carbonyl (C=O) groups is 1. The molecule has 5 heteroatoms. The number of likely N-dealkylation sites (tertiary alicyclic amines) is 2. The van der Waals surface area contributed by atoms with Crippen LogP contribution in [0.3, 0.4) is 0 Å². The van der Waals surface area contributed by atoms with Crippen molar-refractivity contribution in [1.82, 2.24) is 20.1 Å². The molecule has 0 spiro atoms. The second-order valence-electron chi connectivity index (χ2n) is 10.9. The standard InChI is InChI=1S/C32H40N4O/c1-25-2-4-26(5-3-25)22-34-32(37)31-8-6-27(7-9-31)23-35-18-12-29(13-19-35)30-14-20-36(21-15-30)24-28-10-16-33-17-11-28/h2-11,16-17,29-30H,12-15,18-24H2,1H3,(H,34,37). The maximum atomic E-state index is 12.6. The summed E-state index contributed by atoms with van der Waals surface area (Å²) in [4.78, 5) is 21.9. The van der Waals surface area contributed by atoms with Gasteiger partial charge in [0, 0.05) is 37.6 Å². The zero-order valence-electron chi connectivity index (χ0n) is 22.1. The van der Waals surface area contributed by atoms with Gasteiger partial charge >= 0.3 is 0 Å². The van der Waals surface area contributed by atoms with Crippen LogP contribution in [0.15, 0.2) is 73.1 Å². The summed E-state index contributed by atoms with van der Waals surface area (Å²) in [6.07, 6.45) is 9.10. The highest BCUT2D eigenvalue weighted by Gasteiger charge is 2.29. The SMILES string of the molecule is Cc1ccc(CNC(=O)c2ccc(CN3CCC(C4CCN(Cc5ccncc5)CC4)CC3)cc2)cc1. The number of rotatable bonds is 8. The van der Waals surface area contributed by atoms with Crippen molar-refractivity contribution in [3.8, 4) is 0 Å². The first-order valence-electron chi connectivity index (χ1n) is 13.9. The average Bonchev–Trinajstić information content (AvgIpc) is 2.94. The van der Waals surface area contributed by atoms with Crippen LogP contribution in [0.4, 0.5) is 0 Å². The predicted molar refractivity (Wildman–Crippen MR) is 149 cm³/mol. The van der Waals surface area contributed by atoms with Gasteiger partial charge in [0.25, 0.3) is 5.91 Å². The number of aromatic nitrogens is 1. The van der Waals surface area contributed by atoms with Gasteiger partial charge in [0.05, 0.1) is 0 Å². The third kappa shape index (κ3) is 7.27. The molecule has 3 aromatic rings. The molecule has 2 saturated heterocycles. The lowest BCUT2D eigenvalue weighted by atomic mass is 9.78. The van der Waals surface area contributed by atoms with Gasteiger partial charge in [-0.05, 0) is 112 Å². The molecule has 0 bridgehead atoms. The molecule has 2 fully saturated rings. The first-order valence-corrected chi connectivity index (χ1v) is 13.9. The van der Waals surface area contributed by atoms with E-state index in [4.69, 9.17) is 0 Å². The number of benzene rings is 2. The lowest BCUT2D eigenvalue weighted by molar-refractivity contribution is 0.0909. The Morgan fingerprint density at radius 1 is 0.730 bits per heavy atom. The van der Waals surface area contributed by atoms with Crippen molar-refractivity contribution in [3.63, 3.8) is 0 Å². The highest BCUT2D eigenvalue weighted by atomic mass is 16.1. The van der Waals surface area contributed by atoms with E-state index < -0.39 is 0 Å². The predicted octanol–water partition coefficient (Wildman–Crippen LogP) is 5.44. The largest absolute Gasteiger partial charge is 0.348 e. The summed E-state index contributed by atoms with van der Waals surface area (Å²) in [5, 5.41) is 3.03. The van der Waals surface area contributed by atoms with Gasteiger partial charge in [0.15, 0.2) is 0 Å². The fourth-order valence-electron chi connectivity index (χ4n) is 5.92. The minimum atomic E-state index is -0.0141. The summed E-state index contributed by atoms with van der Waals surface area (Å²) in [6, 6.07) is 20.7. The van der Waals surface area contributed by atoms with Crippen LogP contribution < -0.4 is 5.32 Å². The number of aryl methyl sites for hydroxylation is 1. The summed E-state index contributed by atoms with van der Waals surface area (Å²) in [5.74, 6) is 1.74. The van der Waals surface area contributed by atoms with Gasteiger partial charge in [-0.15, -0.1) is 0 Å². The first-order chi connectivity index (χ1) is 18.1. The Morgan fingerprint density at radius 3 is 1.76 bits per heavy atom. The van der Waals surface area contributed by atoms with E-state index in [1.807, 2.05) is 24.5 Å². The van der Waals surface area contributed by atoms with Crippen LogP contribution in [0.5, 0.6) is 0 Å². The van der Waals surface area contributed by atoms with E-state index in [1.54, 1.807) is 0 Å². The molecule has 2 aromatic carbocycles. The van der Waals surface area contributed by atoms with Crippen molar-refractivity contribution in [2.75, 3.05) is 26.2 Å². The molecule has 37 heavy (non-hydrogen) atoms. The zero-order valence-corrected chi connectivity index (χ0v) is 22.1. The molecule has 0 saturated carbocycles. The number of amides is 1. The Labute approximate surface area is 221 Å². The Kier molecular flexibility index (Phi) is 8.64. The average molecular weight is 497 g/mol. The second kappa shape index (κ2) is 12.5. The quantitative estimate of drug-likeness (QED) is 0.451. The Hall–Kier alpha value is -3.02. The van der Waals surface area contributed by atoms with Crippen LogP contribution in [0, 0.1) is 18.8 Å². The lowest BCUT2D eigenvalue weighted by Crippen LogP contribution is -2.40. The monoisotopic (exact) mass is 496 g/mol. The van der Waals surface area contributed by atoms with Crippen LogP contribution in [0.1, 0.15) is 58.3 Å². The summed E-state index contributed by atoms with van der Waals surface area (Å²) >= 11 is 0. The molecular formula is C32H40N4O. The number of nitrogens with one attached hydrogen (secondary N) is 1. The molecule has 0 aliphatic carbocycles. The van der Waals surface area contributed by atoms with Crippen LogP contribution in [-0.2, 0) is 19.6 Å². The van der Waals surface area contributed by atoms with Gasteiger partial charge in [-0.2, -0.15) is 0 Å². The van der Waals surface area contributed by atoms with Crippen molar-refractivity contribution in [3.05, 3.63) is 101 Å². The number of hydrogen-bond donors (Lipinski definition) is 1. The molecule has 3 heterocycles. The summed E-state index contributed by atoms with van der Waals surface area (Å²) in [5.41, 5.74) is 5.74. The normalized spacial score (nSPS) is 18.1. The fourth-order valence-corrected chi connectivity index (χ4v) is 5.92. The van der Waals surface area contributed by atoms with Crippen molar-refractivity contribution in [2.45, 2.75) is 52.2 Å². The third-order valence-electron chi connectivity index (χ3n) is 8.28. The molecule has 0 atom stereocenters. The van der Waals surface area contributed by atoms with Gasteiger partial charge in [0.2, 0.25) is 0 Å². The Balaban J connectivity index is 1.02.